The number of allylic oxidation sites excluding steroid dienone is 4. The Kier molecular flexibility index (Phi) is 10.8. The SMILES string of the molecule is CCCC1=CC(CCC)[C]([Zr](=[C](c2ccccc2)c2ccccc2)[CH]2c3cc(C(C)(C)C)ccc3-c3ccc(C(C)(C)C)cc32)=C1CCC. The van der Waals surface area contributed by atoms with Gasteiger partial charge in [0.05, 0.1) is 0 Å². The second kappa shape index (κ2) is 14.8. The molecule has 1 atom stereocenters. The molecule has 49 heavy (non-hydrogen) atoms. The van der Waals surface area contributed by atoms with Gasteiger partial charge in [-0.25, -0.2) is 0 Å². The van der Waals surface area contributed by atoms with E-state index in [1.807, 2.05) is 3.28 Å². The first-order valence-electron chi connectivity index (χ1n) is 19.1. The second-order valence-corrected chi connectivity index (χ2v) is 22.5. The van der Waals surface area contributed by atoms with Crippen molar-refractivity contribution in [3.8, 4) is 11.1 Å². The van der Waals surface area contributed by atoms with Crippen LogP contribution in [0.1, 0.15) is 138 Å². The van der Waals surface area contributed by atoms with Gasteiger partial charge in [0.2, 0.25) is 0 Å². The van der Waals surface area contributed by atoms with Crippen LogP contribution < -0.4 is 0 Å². The molecule has 2 aliphatic rings. The minimum atomic E-state index is -2.95. The van der Waals surface area contributed by atoms with E-state index in [1.54, 1.807) is 25.5 Å². The fourth-order valence-electron chi connectivity index (χ4n) is 8.40. The second-order valence-electron chi connectivity index (χ2n) is 16.5. The van der Waals surface area contributed by atoms with Crippen LogP contribution >= 0.6 is 0 Å². The summed E-state index contributed by atoms with van der Waals surface area (Å²) in [5.41, 5.74) is 15.5. The van der Waals surface area contributed by atoms with Crippen molar-refractivity contribution < 1.29 is 21.3 Å². The first-order valence-corrected chi connectivity index (χ1v) is 22.9. The maximum atomic E-state index is 2.76. The van der Waals surface area contributed by atoms with Gasteiger partial charge >= 0.3 is 308 Å². The normalized spacial score (nSPS) is 16.1. The number of rotatable bonds is 10. The molecule has 0 nitrogen and oxygen atoms in total. The molecule has 0 saturated carbocycles. The van der Waals surface area contributed by atoms with Crippen LogP contribution in [0.4, 0.5) is 0 Å². The van der Waals surface area contributed by atoms with Crippen LogP contribution in [-0.4, -0.2) is 3.21 Å². The van der Waals surface area contributed by atoms with Crippen LogP contribution in [0, 0.1) is 5.92 Å². The van der Waals surface area contributed by atoms with Gasteiger partial charge in [0, 0.05) is 0 Å². The molecule has 0 fully saturated rings. The van der Waals surface area contributed by atoms with Gasteiger partial charge in [0.15, 0.2) is 0 Å². The molecule has 6 rings (SSSR count). The van der Waals surface area contributed by atoms with E-state index in [9.17, 15) is 0 Å². The van der Waals surface area contributed by atoms with E-state index < -0.39 is 21.3 Å². The molecule has 0 spiro atoms. The van der Waals surface area contributed by atoms with Crippen molar-refractivity contribution in [3.05, 3.63) is 151 Å². The zero-order valence-electron chi connectivity index (χ0n) is 31.7. The molecule has 0 saturated heterocycles. The van der Waals surface area contributed by atoms with Crippen LogP contribution in [0.25, 0.3) is 11.1 Å². The summed E-state index contributed by atoms with van der Waals surface area (Å²) in [7, 11) is 0. The van der Waals surface area contributed by atoms with Gasteiger partial charge in [-0.2, -0.15) is 0 Å². The monoisotopic (exact) mass is 724 g/mol. The van der Waals surface area contributed by atoms with E-state index in [-0.39, 0.29) is 10.8 Å². The fourth-order valence-corrected chi connectivity index (χ4v) is 18.6. The van der Waals surface area contributed by atoms with Crippen molar-refractivity contribution in [3.63, 3.8) is 0 Å². The van der Waals surface area contributed by atoms with Crippen molar-refractivity contribution in [1.82, 2.24) is 0 Å². The Labute approximate surface area is 305 Å². The maximum absolute atomic E-state index is 2.95. The number of hydrogen-bond donors (Lipinski definition) is 0. The number of hydrogen-bond acceptors (Lipinski definition) is 0. The molecular formula is C48H58Zr. The summed E-state index contributed by atoms with van der Waals surface area (Å²) >= 11 is -2.95. The average Bonchev–Trinajstić information content (AvgIpc) is 3.58. The number of benzene rings is 4. The summed E-state index contributed by atoms with van der Waals surface area (Å²) in [5, 5.41) is 0. The van der Waals surface area contributed by atoms with E-state index in [1.165, 1.54) is 71.9 Å². The Balaban J connectivity index is 1.82. The molecule has 0 amide bonds. The van der Waals surface area contributed by atoms with E-state index in [2.05, 4.69) is 165 Å². The molecular weight excluding hydrogens is 668 g/mol. The van der Waals surface area contributed by atoms with Crippen molar-refractivity contribution in [1.29, 1.82) is 0 Å². The van der Waals surface area contributed by atoms with Gasteiger partial charge in [-0.15, -0.1) is 0 Å². The molecule has 2 aliphatic carbocycles. The molecule has 254 valence electrons. The van der Waals surface area contributed by atoms with Crippen LogP contribution in [-0.2, 0) is 32.1 Å². The van der Waals surface area contributed by atoms with Gasteiger partial charge in [-0.3, -0.25) is 0 Å². The third kappa shape index (κ3) is 7.17. The van der Waals surface area contributed by atoms with Crippen molar-refractivity contribution in [2.75, 3.05) is 0 Å². The van der Waals surface area contributed by atoms with Crippen molar-refractivity contribution >= 4 is 3.21 Å². The molecule has 4 aromatic rings. The molecule has 0 heterocycles. The van der Waals surface area contributed by atoms with Crippen LogP contribution in [0.2, 0.25) is 0 Å². The first kappa shape index (κ1) is 35.9. The van der Waals surface area contributed by atoms with Crippen molar-refractivity contribution in [2.45, 2.75) is 115 Å². The zero-order chi connectivity index (χ0) is 34.9. The molecule has 0 aromatic heterocycles. The summed E-state index contributed by atoms with van der Waals surface area (Å²) < 4.78 is 3.97. The standard InChI is InChI=1S/C21H25.C14H23.C13H10.Zr/c1-20(2,3)16-7-9-18-14(12-16)11-15-13-17(21(4,5)6)8-10-19(15)18;1-4-7-12-10-13(8-5-2)14(11-12)9-6-3;1-3-7-12(8-4-1)11-13-9-5-2-6-10-13;/h7-13H,1-6H3;10,12H,4-9H2,1-3H3;1-10H;. The van der Waals surface area contributed by atoms with Gasteiger partial charge in [0.25, 0.3) is 0 Å². The minimum absolute atomic E-state index is 0.0838. The van der Waals surface area contributed by atoms with E-state index in [0.29, 0.717) is 9.54 Å². The van der Waals surface area contributed by atoms with Gasteiger partial charge < -0.3 is 0 Å². The van der Waals surface area contributed by atoms with Crippen LogP contribution in [0.5, 0.6) is 0 Å². The summed E-state index contributed by atoms with van der Waals surface area (Å²) in [4.78, 5) is 0. The Hall–Kier alpha value is -2.89. The molecule has 4 aromatic carbocycles. The average molecular weight is 726 g/mol. The Morgan fingerprint density at radius 2 is 1.08 bits per heavy atom. The van der Waals surface area contributed by atoms with Gasteiger partial charge in [-0.05, 0) is 0 Å². The Bertz CT molecular complexity index is 1780. The zero-order valence-corrected chi connectivity index (χ0v) is 34.2. The molecule has 1 unspecified atom stereocenters. The quantitative estimate of drug-likeness (QED) is 0.153. The summed E-state index contributed by atoms with van der Waals surface area (Å²) in [5.74, 6) is 0.536. The van der Waals surface area contributed by atoms with Gasteiger partial charge in [0.1, 0.15) is 0 Å². The molecule has 0 bridgehead atoms. The summed E-state index contributed by atoms with van der Waals surface area (Å²) in [6.45, 7) is 21.4. The first-order chi connectivity index (χ1) is 23.5. The van der Waals surface area contributed by atoms with E-state index in [4.69, 9.17) is 0 Å². The third-order valence-electron chi connectivity index (χ3n) is 10.8. The topological polar surface area (TPSA) is 0 Å². The predicted octanol–water partition coefficient (Wildman–Crippen LogP) is 13.4. The summed E-state index contributed by atoms with van der Waals surface area (Å²) in [6.07, 6.45) is 10.0. The molecule has 0 radical (unpaired) electrons. The molecule has 1 heteroatoms. The fraction of sp³-hybridized carbons (Fsp3) is 0.396. The van der Waals surface area contributed by atoms with E-state index in [0.717, 1.165) is 0 Å². The third-order valence-corrected chi connectivity index (χ3v) is 19.6. The van der Waals surface area contributed by atoms with Crippen LogP contribution in [0.3, 0.4) is 0 Å². The van der Waals surface area contributed by atoms with Crippen LogP contribution in [0.15, 0.2) is 118 Å². The van der Waals surface area contributed by atoms with Crippen molar-refractivity contribution in [2.24, 2.45) is 5.92 Å². The Morgan fingerprint density at radius 1 is 0.592 bits per heavy atom. The molecule has 0 aliphatic heterocycles. The number of fused-ring (bicyclic) bond motifs is 3. The Morgan fingerprint density at radius 3 is 1.51 bits per heavy atom. The summed E-state index contributed by atoms with van der Waals surface area (Å²) in [6, 6.07) is 38.2. The van der Waals surface area contributed by atoms with Gasteiger partial charge in [-0.1, -0.05) is 0 Å². The van der Waals surface area contributed by atoms with E-state index >= 15 is 0 Å². The molecule has 0 N–H and O–H groups in total. The predicted molar refractivity (Wildman–Crippen MR) is 211 cm³/mol.